The largest absolute Gasteiger partial charge is 0.461 e. The molecule has 0 radical (unpaired) electrons. The molecule has 0 atom stereocenters. The molecule has 0 fully saturated rings. The molecule has 0 aromatic rings. The SMILES string of the molecule is CCCCCCCCOC(=O)C(=O)C(F)(F)F. The van der Waals surface area contributed by atoms with Gasteiger partial charge in [0.15, 0.2) is 0 Å². The third-order valence-electron chi connectivity index (χ3n) is 2.17. The Morgan fingerprint density at radius 1 is 1.00 bits per heavy atom. The van der Waals surface area contributed by atoms with Crippen molar-refractivity contribution >= 4 is 11.8 Å². The summed E-state index contributed by atoms with van der Waals surface area (Å²) in [4.78, 5) is 21.0. The van der Waals surface area contributed by atoms with E-state index in [1.165, 1.54) is 0 Å². The van der Waals surface area contributed by atoms with Crippen LogP contribution in [0.1, 0.15) is 45.4 Å². The Labute approximate surface area is 98.3 Å². The predicted molar refractivity (Wildman–Crippen MR) is 55.4 cm³/mol. The van der Waals surface area contributed by atoms with Gasteiger partial charge >= 0.3 is 17.9 Å². The number of ether oxygens (including phenoxy) is 1. The van der Waals surface area contributed by atoms with Crippen LogP contribution in [0.15, 0.2) is 0 Å². The molecule has 0 saturated heterocycles. The Morgan fingerprint density at radius 2 is 1.53 bits per heavy atom. The molecule has 6 heteroatoms. The zero-order chi connectivity index (χ0) is 13.3. The van der Waals surface area contributed by atoms with E-state index in [4.69, 9.17) is 0 Å². The van der Waals surface area contributed by atoms with Gasteiger partial charge in [0, 0.05) is 0 Å². The lowest BCUT2D eigenvalue weighted by molar-refractivity contribution is -0.183. The molecule has 0 amide bonds. The van der Waals surface area contributed by atoms with E-state index in [2.05, 4.69) is 11.7 Å². The zero-order valence-corrected chi connectivity index (χ0v) is 9.81. The minimum Gasteiger partial charge on any atom is -0.460 e. The van der Waals surface area contributed by atoms with Gasteiger partial charge in [0.2, 0.25) is 0 Å². The number of ketones is 1. The number of alkyl halides is 3. The number of rotatable bonds is 8. The van der Waals surface area contributed by atoms with Gasteiger partial charge < -0.3 is 4.74 Å². The molecule has 0 aliphatic heterocycles. The fourth-order valence-electron chi connectivity index (χ4n) is 1.23. The maximum absolute atomic E-state index is 11.8. The van der Waals surface area contributed by atoms with Crippen LogP contribution in [-0.4, -0.2) is 24.5 Å². The molecule has 0 unspecified atom stereocenters. The smallest absolute Gasteiger partial charge is 0.460 e. The molecule has 0 aromatic carbocycles. The predicted octanol–water partition coefficient (Wildman–Crippen LogP) is 3.02. The number of hydrogen-bond donors (Lipinski definition) is 0. The Balaban J connectivity index is 3.56. The van der Waals surface area contributed by atoms with Crippen molar-refractivity contribution in [1.82, 2.24) is 0 Å². The standard InChI is InChI=1S/C11H17F3O3/c1-2-3-4-5-6-7-8-17-10(16)9(15)11(12,13)14/h2-8H2,1H3. The normalized spacial score (nSPS) is 11.3. The average molecular weight is 254 g/mol. The maximum atomic E-state index is 11.8. The van der Waals surface area contributed by atoms with E-state index in [1.54, 1.807) is 0 Å². The summed E-state index contributed by atoms with van der Waals surface area (Å²) in [5.74, 6) is -4.26. The summed E-state index contributed by atoms with van der Waals surface area (Å²) in [6.45, 7) is 1.94. The van der Waals surface area contributed by atoms with Crippen molar-refractivity contribution in [2.45, 2.75) is 51.6 Å². The molecule has 0 rings (SSSR count). The van der Waals surface area contributed by atoms with Crippen LogP contribution in [0.3, 0.4) is 0 Å². The van der Waals surface area contributed by atoms with E-state index in [1.807, 2.05) is 0 Å². The summed E-state index contributed by atoms with van der Waals surface area (Å²) in [5, 5.41) is 0. The average Bonchev–Trinajstić information content (AvgIpc) is 2.25. The van der Waals surface area contributed by atoms with Crippen LogP contribution in [0.4, 0.5) is 13.2 Å². The number of halogens is 3. The summed E-state index contributed by atoms with van der Waals surface area (Å²) in [5.41, 5.74) is 0. The minimum absolute atomic E-state index is 0.132. The van der Waals surface area contributed by atoms with Gasteiger partial charge in [-0.25, -0.2) is 4.79 Å². The highest BCUT2D eigenvalue weighted by molar-refractivity contribution is 6.35. The van der Waals surface area contributed by atoms with Gasteiger partial charge in [-0.15, -0.1) is 0 Å². The summed E-state index contributed by atoms with van der Waals surface area (Å²) < 4.78 is 39.5. The van der Waals surface area contributed by atoms with Crippen LogP contribution in [0.25, 0.3) is 0 Å². The van der Waals surface area contributed by atoms with Crippen LogP contribution in [0, 0.1) is 0 Å². The number of esters is 1. The third-order valence-corrected chi connectivity index (χ3v) is 2.17. The van der Waals surface area contributed by atoms with E-state index in [-0.39, 0.29) is 6.61 Å². The van der Waals surface area contributed by atoms with Crippen LogP contribution in [0.5, 0.6) is 0 Å². The highest BCUT2D eigenvalue weighted by Crippen LogP contribution is 2.16. The topological polar surface area (TPSA) is 43.4 Å². The molecule has 100 valence electrons. The fourth-order valence-corrected chi connectivity index (χ4v) is 1.23. The Hall–Kier alpha value is -1.07. The lowest BCUT2D eigenvalue weighted by Gasteiger charge is -2.05. The molecule has 0 N–H and O–H groups in total. The van der Waals surface area contributed by atoms with Gasteiger partial charge in [-0.1, -0.05) is 39.0 Å². The lowest BCUT2D eigenvalue weighted by Crippen LogP contribution is -2.32. The van der Waals surface area contributed by atoms with Crippen molar-refractivity contribution in [3.05, 3.63) is 0 Å². The Kier molecular flexibility index (Phi) is 7.58. The van der Waals surface area contributed by atoms with Gasteiger partial charge in [-0.3, -0.25) is 4.79 Å². The molecule has 0 saturated carbocycles. The first kappa shape index (κ1) is 15.9. The quantitative estimate of drug-likeness (QED) is 0.380. The minimum atomic E-state index is -5.14. The number of carbonyl (C=O) groups is 2. The first-order chi connectivity index (χ1) is 7.89. The number of Topliss-reactive ketones (excluding diaryl/α,β-unsaturated/α-hetero) is 1. The third kappa shape index (κ3) is 7.76. The highest BCUT2D eigenvalue weighted by atomic mass is 19.4. The second-order valence-corrected chi connectivity index (χ2v) is 3.73. The molecule has 17 heavy (non-hydrogen) atoms. The second-order valence-electron chi connectivity index (χ2n) is 3.73. The Morgan fingerprint density at radius 3 is 2.06 bits per heavy atom. The summed E-state index contributed by atoms with van der Waals surface area (Å²) in [6.07, 6.45) is 0.373. The number of hydrogen-bond acceptors (Lipinski definition) is 3. The van der Waals surface area contributed by atoms with Crippen molar-refractivity contribution in [2.24, 2.45) is 0 Å². The zero-order valence-electron chi connectivity index (χ0n) is 9.81. The van der Waals surface area contributed by atoms with Gasteiger partial charge in [0.1, 0.15) is 0 Å². The molecule has 0 aromatic heterocycles. The first-order valence-corrected chi connectivity index (χ1v) is 5.68. The molecule has 0 spiro atoms. The molecular weight excluding hydrogens is 237 g/mol. The lowest BCUT2D eigenvalue weighted by atomic mass is 10.1. The van der Waals surface area contributed by atoms with Gasteiger partial charge in [-0.05, 0) is 6.42 Å². The van der Waals surface area contributed by atoms with Crippen LogP contribution < -0.4 is 0 Å². The second kappa shape index (κ2) is 8.08. The Bertz CT molecular complexity index is 249. The van der Waals surface area contributed by atoms with Gasteiger partial charge in [0.05, 0.1) is 6.61 Å². The molecule has 0 heterocycles. The number of unbranched alkanes of at least 4 members (excludes halogenated alkanes) is 5. The van der Waals surface area contributed by atoms with Crippen molar-refractivity contribution in [3.63, 3.8) is 0 Å². The molecule has 0 bridgehead atoms. The van der Waals surface area contributed by atoms with E-state index >= 15 is 0 Å². The molecular formula is C11H17F3O3. The molecule has 3 nitrogen and oxygen atoms in total. The van der Waals surface area contributed by atoms with Crippen molar-refractivity contribution in [1.29, 1.82) is 0 Å². The van der Waals surface area contributed by atoms with E-state index in [9.17, 15) is 22.8 Å². The van der Waals surface area contributed by atoms with Crippen molar-refractivity contribution in [2.75, 3.05) is 6.61 Å². The van der Waals surface area contributed by atoms with Gasteiger partial charge in [-0.2, -0.15) is 13.2 Å². The molecule has 0 aliphatic rings. The van der Waals surface area contributed by atoms with E-state index < -0.39 is 17.9 Å². The highest BCUT2D eigenvalue weighted by Gasteiger charge is 2.44. The number of carbonyl (C=O) groups excluding carboxylic acids is 2. The first-order valence-electron chi connectivity index (χ1n) is 5.68. The summed E-state index contributed by atoms with van der Waals surface area (Å²) >= 11 is 0. The van der Waals surface area contributed by atoms with Crippen LogP contribution in [-0.2, 0) is 14.3 Å². The van der Waals surface area contributed by atoms with Crippen molar-refractivity contribution in [3.8, 4) is 0 Å². The maximum Gasteiger partial charge on any atom is 0.461 e. The fraction of sp³-hybridized carbons (Fsp3) is 0.818. The van der Waals surface area contributed by atoms with Crippen LogP contribution in [0.2, 0.25) is 0 Å². The van der Waals surface area contributed by atoms with Crippen LogP contribution >= 0.6 is 0 Å². The van der Waals surface area contributed by atoms with E-state index in [0.717, 1.165) is 32.1 Å². The van der Waals surface area contributed by atoms with Gasteiger partial charge in [0.25, 0.3) is 0 Å². The monoisotopic (exact) mass is 254 g/mol. The summed E-state index contributed by atoms with van der Waals surface area (Å²) in [6, 6.07) is 0. The summed E-state index contributed by atoms with van der Waals surface area (Å²) in [7, 11) is 0. The van der Waals surface area contributed by atoms with Crippen molar-refractivity contribution < 1.29 is 27.5 Å². The molecule has 0 aliphatic carbocycles. The van der Waals surface area contributed by atoms with E-state index in [0.29, 0.717) is 6.42 Å².